The van der Waals surface area contributed by atoms with E-state index >= 15 is 0 Å². The maximum absolute atomic E-state index is 11.0. The summed E-state index contributed by atoms with van der Waals surface area (Å²) in [5.74, 6) is 0. The minimum atomic E-state index is -0.419. The van der Waals surface area contributed by atoms with Crippen molar-refractivity contribution in [2.24, 2.45) is 0 Å². The molecule has 2 rings (SSSR count). The summed E-state index contributed by atoms with van der Waals surface area (Å²) in [7, 11) is 0. The Kier molecular flexibility index (Phi) is 3.69. The van der Waals surface area contributed by atoms with Gasteiger partial charge in [-0.3, -0.25) is 14.8 Å². The molecule has 0 saturated carbocycles. The second-order valence-electron chi connectivity index (χ2n) is 3.90. The molecular weight excluding hydrogens is 234 g/mol. The standard InChI is InChI=1S/C12H13N3O3/c16-7-4-11-3-2-10(8-12(11)15(17)18)9-14-6-1-5-13-14/h1-3,5-6,8,16H,4,7,9H2. The van der Waals surface area contributed by atoms with E-state index in [1.54, 1.807) is 29.2 Å². The van der Waals surface area contributed by atoms with Gasteiger partial charge in [0.1, 0.15) is 0 Å². The summed E-state index contributed by atoms with van der Waals surface area (Å²) in [6.45, 7) is 0.395. The third kappa shape index (κ3) is 2.72. The predicted molar refractivity (Wildman–Crippen MR) is 65.2 cm³/mol. The topological polar surface area (TPSA) is 81.2 Å². The number of nitrogens with zero attached hydrogens (tertiary/aromatic N) is 3. The van der Waals surface area contributed by atoms with Crippen LogP contribution in [0.1, 0.15) is 11.1 Å². The van der Waals surface area contributed by atoms with Crippen LogP contribution in [0.5, 0.6) is 0 Å². The molecule has 0 atom stereocenters. The largest absolute Gasteiger partial charge is 0.396 e. The van der Waals surface area contributed by atoms with E-state index in [4.69, 9.17) is 5.11 Å². The van der Waals surface area contributed by atoms with Crippen LogP contribution < -0.4 is 0 Å². The van der Waals surface area contributed by atoms with Gasteiger partial charge in [-0.05, 0) is 11.6 Å². The van der Waals surface area contributed by atoms with E-state index in [1.807, 2.05) is 6.07 Å². The molecule has 0 aliphatic heterocycles. The van der Waals surface area contributed by atoms with Gasteiger partial charge in [-0.1, -0.05) is 12.1 Å². The van der Waals surface area contributed by atoms with Crippen LogP contribution in [0.2, 0.25) is 0 Å². The predicted octanol–water partition coefficient (Wildman–Crippen LogP) is 1.37. The molecule has 0 aliphatic carbocycles. The number of aliphatic hydroxyl groups excluding tert-OH is 1. The Hall–Kier alpha value is -2.21. The van der Waals surface area contributed by atoms with Crippen molar-refractivity contribution < 1.29 is 10.0 Å². The minimum absolute atomic E-state index is 0.0497. The van der Waals surface area contributed by atoms with Crippen molar-refractivity contribution >= 4 is 5.69 Å². The number of hydrogen-bond acceptors (Lipinski definition) is 4. The van der Waals surface area contributed by atoms with Gasteiger partial charge < -0.3 is 5.11 Å². The lowest BCUT2D eigenvalue weighted by atomic mass is 10.1. The van der Waals surface area contributed by atoms with Crippen LogP contribution in [0.15, 0.2) is 36.7 Å². The highest BCUT2D eigenvalue weighted by Crippen LogP contribution is 2.21. The van der Waals surface area contributed by atoms with E-state index in [9.17, 15) is 10.1 Å². The van der Waals surface area contributed by atoms with Gasteiger partial charge in [-0.15, -0.1) is 0 Å². The molecule has 6 heteroatoms. The molecule has 0 aliphatic rings. The minimum Gasteiger partial charge on any atom is -0.396 e. The number of hydrogen-bond donors (Lipinski definition) is 1. The van der Waals surface area contributed by atoms with Crippen molar-refractivity contribution in [2.75, 3.05) is 6.61 Å². The van der Waals surface area contributed by atoms with Crippen LogP contribution >= 0.6 is 0 Å². The molecule has 1 N–H and O–H groups in total. The lowest BCUT2D eigenvalue weighted by Gasteiger charge is -2.05. The Balaban J connectivity index is 2.28. The molecule has 94 valence electrons. The second kappa shape index (κ2) is 5.42. The van der Waals surface area contributed by atoms with Crippen LogP contribution in [0.3, 0.4) is 0 Å². The highest BCUT2D eigenvalue weighted by atomic mass is 16.6. The average molecular weight is 247 g/mol. The highest BCUT2D eigenvalue weighted by Gasteiger charge is 2.14. The molecule has 0 fully saturated rings. The van der Waals surface area contributed by atoms with Crippen LogP contribution in [0, 0.1) is 10.1 Å². The number of aliphatic hydroxyl groups is 1. The highest BCUT2D eigenvalue weighted by molar-refractivity contribution is 5.43. The molecule has 0 spiro atoms. The number of nitro groups is 1. The van der Waals surface area contributed by atoms with E-state index in [1.165, 1.54) is 6.07 Å². The van der Waals surface area contributed by atoms with Crippen LogP contribution in [-0.4, -0.2) is 26.4 Å². The first-order valence-electron chi connectivity index (χ1n) is 5.55. The number of nitro benzene ring substituents is 1. The van der Waals surface area contributed by atoms with E-state index in [0.717, 1.165) is 5.56 Å². The summed E-state index contributed by atoms with van der Waals surface area (Å²) < 4.78 is 1.70. The smallest absolute Gasteiger partial charge is 0.273 e. The lowest BCUT2D eigenvalue weighted by molar-refractivity contribution is -0.385. The third-order valence-corrected chi connectivity index (χ3v) is 2.63. The molecule has 0 bridgehead atoms. The molecule has 0 radical (unpaired) electrons. The van der Waals surface area contributed by atoms with Gasteiger partial charge in [-0.25, -0.2) is 0 Å². The molecule has 0 unspecified atom stereocenters. The maximum Gasteiger partial charge on any atom is 0.273 e. The number of benzene rings is 1. The Morgan fingerprint density at radius 2 is 2.28 bits per heavy atom. The van der Waals surface area contributed by atoms with Crippen molar-refractivity contribution in [3.05, 3.63) is 57.9 Å². The SMILES string of the molecule is O=[N+]([O-])c1cc(Cn2cccn2)ccc1CCO. The van der Waals surface area contributed by atoms with Crippen LogP contribution in [0.25, 0.3) is 0 Å². The zero-order valence-electron chi connectivity index (χ0n) is 9.69. The van der Waals surface area contributed by atoms with Gasteiger partial charge in [-0.2, -0.15) is 5.10 Å². The zero-order chi connectivity index (χ0) is 13.0. The van der Waals surface area contributed by atoms with Crippen LogP contribution in [0.4, 0.5) is 5.69 Å². The summed E-state index contributed by atoms with van der Waals surface area (Å²) in [5.41, 5.74) is 1.41. The fourth-order valence-corrected chi connectivity index (χ4v) is 1.79. The molecule has 1 aromatic carbocycles. The van der Waals surface area contributed by atoms with Crippen molar-refractivity contribution in [3.63, 3.8) is 0 Å². The fraction of sp³-hybridized carbons (Fsp3) is 0.250. The Bertz CT molecular complexity index is 538. The van der Waals surface area contributed by atoms with Gasteiger partial charge in [0.15, 0.2) is 0 Å². The molecule has 1 heterocycles. The average Bonchev–Trinajstić information content (AvgIpc) is 2.84. The Labute approximate surface area is 104 Å². The molecule has 18 heavy (non-hydrogen) atoms. The molecule has 2 aromatic rings. The van der Waals surface area contributed by atoms with Crippen molar-refractivity contribution in [2.45, 2.75) is 13.0 Å². The first-order chi connectivity index (χ1) is 8.70. The molecule has 0 saturated heterocycles. The second-order valence-corrected chi connectivity index (χ2v) is 3.90. The summed E-state index contributed by atoms with van der Waals surface area (Å²) in [6.07, 6.45) is 3.75. The van der Waals surface area contributed by atoms with Crippen molar-refractivity contribution in [1.82, 2.24) is 9.78 Å². The van der Waals surface area contributed by atoms with E-state index in [-0.39, 0.29) is 12.3 Å². The summed E-state index contributed by atoms with van der Waals surface area (Å²) in [5, 5.41) is 23.9. The van der Waals surface area contributed by atoms with E-state index < -0.39 is 4.92 Å². The Morgan fingerprint density at radius 1 is 1.44 bits per heavy atom. The van der Waals surface area contributed by atoms with Gasteiger partial charge in [0.25, 0.3) is 5.69 Å². The summed E-state index contributed by atoms with van der Waals surface area (Å²) in [6, 6.07) is 6.84. The zero-order valence-corrected chi connectivity index (χ0v) is 9.69. The molecule has 6 nitrogen and oxygen atoms in total. The maximum atomic E-state index is 11.0. The van der Waals surface area contributed by atoms with Gasteiger partial charge >= 0.3 is 0 Å². The third-order valence-electron chi connectivity index (χ3n) is 2.63. The number of rotatable bonds is 5. The van der Waals surface area contributed by atoms with Gasteiger partial charge in [0.2, 0.25) is 0 Å². The monoisotopic (exact) mass is 247 g/mol. The first-order valence-corrected chi connectivity index (χ1v) is 5.55. The molecule has 1 aromatic heterocycles. The van der Waals surface area contributed by atoms with Gasteiger partial charge in [0, 0.05) is 37.1 Å². The quantitative estimate of drug-likeness (QED) is 0.639. The fourth-order valence-electron chi connectivity index (χ4n) is 1.79. The number of aromatic nitrogens is 2. The Morgan fingerprint density at radius 3 is 2.89 bits per heavy atom. The van der Waals surface area contributed by atoms with Crippen LogP contribution in [-0.2, 0) is 13.0 Å². The first kappa shape index (κ1) is 12.3. The van der Waals surface area contributed by atoms with Gasteiger partial charge in [0.05, 0.1) is 11.5 Å². The van der Waals surface area contributed by atoms with Crippen molar-refractivity contribution in [1.29, 1.82) is 0 Å². The lowest BCUT2D eigenvalue weighted by Crippen LogP contribution is -2.03. The molecular formula is C12H13N3O3. The molecule has 0 amide bonds. The van der Waals surface area contributed by atoms with Crippen molar-refractivity contribution in [3.8, 4) is 0 Å². The summed E-state index contributed by atoms with van der Waals surface area (Å²) >= 11 is 0. The van der Waals surface area contributed by atoms with E-state index in [0.29, 0.717) is 18.5 Å². The normalized spacial score (nSPS) is 10.5. The van der Waals surface area contributed by atoms with E-state index in [2.05, 4.69) is 5.10 Å². The summed E-state index contributed by atoms with van der Waals surface area (Å²) in [4.78, 5) is 10.5.